The number of phenols is 1. The van der Waals surface area contributed by atoms with Crippen LogP contribution in [0.3, 0.4) is 0 Å². The molecule has 2 aromatic carbocycles. The molecule has 13 nitrogen and oxygen atoms in total. The van der Waals surface area contributed by atoms with Gasteiger partial charge in [-0.15, -0.1) is 0 Å². The zero-order chi connectivity index (χ0) is 32.3. The number of nitrogens with zero attached hydrogens (tertiary/aromatic N) is 1. The third-order valence-electron chi connectivity index (χ3n) is 7.30. The molecule has 14 heteroatoms. The number of phenolic OH excluding ortho intramolecular Hbond substituents is 1. The molecule has 0 aliphatic rings. The van der Waals surface area contributed by atoms with Gasteiger partial charge in [-0.25, -0.2) is 9.78 Å². The van der Waals surface area contributed by atoms with Gasteiger partial charge in [-0.2, -0.15) is 11.8 Å². The second kappa shape index (κ2) is 15.8. The molecule has 0 bridgehead atoms. The fourth-order valence-electron chi connectivity index (χ4n) is 4.85. The molecule has 0 fully saturated rings. The van der Waals surface area contributed by atoms with Crippen LogP contribution in [-0.2, 0) is 38.4 Å². The van der Waals surface area contributed by atoms with Gasteiger partial charge in [0.2, 0.25) is 17.7 Å². The van der Waals surface area contributed by atoms with E-state index in [9.17, 15) is 29.4 Å². The maximum atomic E-state index is 13.8. The maximum absolute atomic E-state index is 13.8. The van der Waals surface area contributed by atoms with Crippen LogP contribution in [0, 0.1) is 0 Å². The molecule has 0 saturated heterocycles. The Bertz CT molecular complexity index is 1590. The monoisotopic (exact) mass is 635 g/mol. The minimum absolute atomic E-state index is 0.0293. The SMILES string of the molecule is CSCCC(NC(=O)C(Cc1c[nH]c2ccccc12)NC(=O)C(Cc1ccc(O)cc1)NC(=O)C(N)Cc1cnc[nH]1)C(=O)O. The Hall–Kier alpha value is -4.82. The Morgan fingerprint density at radius 3 is 2.22 bits per heavy atom. The predicted molar refractivity (Wildman–Crippen MR) is 171 cm³/mol. The highest BCUT2D eigenvalue weighted by molar-refractivity contribution is 7.98. The van der Waals surface area contributed by atoms with Gasteiger partial charge in [0.15, 0.2) is 0 Å². The number of carboxylic acid groups (broad SMARTS) is 1. The molecular formula is C31H37N7O6S. The minimum Gasteiger partial charge on any atom is -0.508 e. The van der Waals surface area contributed by atoms with Gasteiger partial charge in [0, 0.05) is 48.3 Å². The van der Waals surface area contributed by atoms with Crippen molar-refractivity contribution in [1.82, 2.24) is 30.9 Å². The van der Waals surface area contributed by atoms with E-state index in [4.69, 9.17) is 5.73 Å². The molecule has 4 atom stereocenters. The van der Waals surface area contributed by atoms with Crippen molar-refractivity contribution in [2.45, 2.75) is 49.9 Å². The first kappa shape index (κ1) is 33.1. The third kappa shape index (κ3) is 9.33. The van der Waals surface area contributed by atoms with E-state index in [1.165, 1.54) is 30.2 Å². The quantitative estimate of drug-likeness (QED) is 0.0888. The number of para-hydroxylation sites is 1. The van der Waals surface area contributed by atoms with Crippen molar-refractivity contribution in [2.24, 2.45) is 5.73 Å². The smallest absolute Gasteiger partial charge is 0.326 e. The van der Waals surface area contributed by atoms with Crippen molar-refractivity contribution in [1.29, 1.82) is 0 Å². The van der Waals surface area contributed by atoms with Gasteiger partial charge in [-0.1, -0.05) is 30.3 Å². The van der Waals surface area contributed by atoms with E-state index >= 15 is 0 Å². The molecule has 0 saturated carbocycles. The van der Waals surface area contributed by atoms with Crippen molar-refractivity contribution in [3.05, 3.63) is 84.1 Å². The molecule has 4 aromatic rings. The topological polar surface area (TPSA) is 215 Å². The fourth-order valence-corrected chi connectivity index (χ4v) is 5.32. The third-order valence-corrected chi connectivity index (χ3v) is 7.94. The lowest BCUT2D eigenvalue weighted by atomic mass is 10.0. The number of hydrogen-bond donors (Lipinski definition) is 8. The van der Waals surface area contributed by atoms with E-state index in [0.717, 1.165) is 16.5 Å². The molecule has 0 spiro atoms. The molecule has 3 amide bonds. The zero-order valence-corrected chi connectivity index (χ0v) is 25.5. The fraction of sp³-hybridized carbons (Fsp3) is 0.323. The lowest BCUT2D eigenvalue weighted by Crippen LogP contribution is -2.58. The van der Waals surface area contributed by atoms with E-state index in [-0.39, 0.29) is 31.4 Å². The normalized spacial score (nSPS) is 13.8. The number of imidazole rings is 1. The van der Waals surface area contributed by atoms with Gasteiger partial charge in [0.05, 0.1) is 12.4 Å². The van der Waals surface area contributed by atoms with Gasteiger partial charge in [-0.3, -0.25) is 14.4 Å². The summed E-state index contributed by atoms with van der Waals surface area (Å²) >= 11 is 1.45. The lowest BCUT2D eigenvalue weighted by Gasteiger charge is -2.25. The predicted octanol–water partition coefficient (Wildman–Crippen LogP) is 1.24. The van der Waals surface area contributed by atoms with E-state index in [0.29, 0.717) is 17.0 Å². The van der Waals surface area contributed by atoms with Crippen LogP contribution in [0.2, 0.25) is 0 Å². The largest absolute Gasteiger partial charge is 0.508 e. The number of aromatic hydroxyl groups is 1. The van der Waals surface area contributed by atoms with Crippen LogP contribution >= 0.6 is 11.8 Å². The first-order valence-corrected chi connectivity index (χ1v) is 15.7. The standard InChI is InChI=1S/C31H37N7O6S/c1-45-11-10-25(31(43)44)36-30(42)27(13-19-15-34-24-5-3-2-4-22(19)24)38-29(41)26(12-18-6-8-21(39)9-7-18)37-28(40)23(32)14-20-16-33-17-35-20/h2-9,15-17,23,25-27,34,39H,10-14,32H2,1H3,(H,33,35)(H,36,42)(H,37,40)(H,38,41)(H,43,44). The number of rotatable bonds is 16. The van der Waals surface area contributed by atoms with Gasteiger partial charge in [-0.05, 0) is 47.8 Å². The van der Waals surface area contributed by atoms with E-state index in [1.807, 2.05) is 30.5 Å². The summed E-state index contributed by atoms with van der Waals surface area (Å²) in [6.07, 6.45) is 7.02. The number of carboxylic acids is 1. The van der Waals surface area contributed by atoms with Crippen LogP contribution < -0.4 is 21.7 Å². The van der Waals surface area contributed by atoms with Gasteiger partial charge in [0.25, 0.3) is 0 Å². The average molecular weight is 636 g/mol. The van der Waals surface area contributed by atoms with Gasteiger partial charge in [0.1, 0.15) is 23.9 Å². The van der Waals surface area contributed by atoms with Crippen LogP contribution in [0.15, 0.2) is 67.3 Å². The van der Waals surface area contributed by atoms with Crippen LogP contribution in [0.25, 0.3) is 10.9 Å². The van der Waals surface area contributed by atoms with E-state index < -0.39 is 47.9 Å². The van der Waals surface area contributed by atoms with Crippen LogP contribution in [0.1, 0.15) is 23.2 Å². The summed E-state index contributed by atoms with van der Waals surface area (Å²) in [7, 11) is 0. The van der Waals surface area contributed by atoms with E-state index in [2.05, 4.69) is 30.9 Å². The number of carbonyl (C=O) groups is 4. The highest BCUT2D eigenvalue weighted by Gasteiger charge is 2.31. The Balaban J connectivity index is 1.59. The Morgan fingerprint density at radius 2 is 1.56 bits per heavy atom. The second-order valence-corrected chi connectivity index (χ2v) is 11.6. The molecule has 45 heavy (non-hydrogen) atoms. The summed E-state index contributed by atoms with van der Waals surface area (Å²) in [6, 6.07) is 9.16. The number of nitrogens with two attached hydrogens (primary N) is 1. The summed E-state index contributed by atoms with van der Waals surface area (Å²) in [5.74, 6) is -2.57. The van der Waals surface area contributed by atoms with Crippen molar-refractivity contribution >= 4 is 46.4 Å². The first-order chi connectivity index (χ1) is 21.6. The number of carbonyl (C=O) groups excluding carboxylic acids is 3. The lowest BCUT2D eigenvalue weighted by molar-refractivity contribution is -0.142. The summed E-state index contributed by atoms with van der Waals surface area (Å²) in [6.45, 7) is 0. The van der Waals surface area contributed by atoms with Gasteiger partial charge < -0.3 is 41.9 Å². The van der Waals surface area contributed by atoms with Crippen molar-refractivity contribution in [3.63, 3.8) is 0 Å². The summed E-state index contributed by atoms with van der Waals surface area (Å²) in [5, 5.41) is 28.3. The molecule has 0 aliphatic heterocycles. The number of thioether (sulfide) groups is 1. The van der Waals surface area contributed by atoms with Crippen molar-refractivity contribution in [2.75, 3.05) is 12.0 Å². The summed E-state index contributed by atoms with van der Waals surface area (Å²) < 4.78 is 0. The number of nitrogens with one attached hydrogen (secondary N) is 5. The highest BCUT2D eigenvalue weighted by atomic mass is 32.2. The number of benzene rings is 2. The highest BCUT2D eigenvalue weighted by Crippen LogP contribution is 2.20. The van der Waals surface area contributed by atoms with Crippen LogP contribution in [0.5, 0.6) is 5.75 Å². The molecule has 2 aromatic heterocycles. The Morgan fingerprint density at radius 1 is 0.889 bits per heavy atom. The van der Waals surface area contributed by atoms with Crippen molar-refractivity contribution in [3.8, 4) is 5.75 Å². The maximum Gasteiger partial charge on any atom is 0.326 e. The molecule has 4 unspecified atom stereocenters. The summed E-state index contributed by atoms with van der Waals surface area (Å²) in [5.41, 5.74) is 8.99. The number of aliphatic carboxylic acids is 1. The molecule has 0 radical (unpaired) electrons. The minimum atomic E-state index is -1.18. The number of aromatic nitrogens is 3. The van der Waals surface area contributed by atoms with Crippen LogP contribution in [-0.4, -0.2) is 85.0 Å². The zero-order valence-electron chi connectivity index (χ0n) is 24.7. The second-order valence-electron chi connectivity index (χ2n) is 10.6. The molecule has 2 heterocycles. The van der Waals surface area contributed by atoms with E-state index in [1.54, 1.807) is 24.5 Å². The number of H-pyrrole nitrogens is 2. The molecule has 9 N–H and O–H groups in total. The Labute approximate surface area is 263 Å². The Kier molecular flexibility index (Phi) is 11.6. The number of hydrogen-bond acceptors (Lipinski definition) is 8. The van der Waals surface area contributed by atoms with Gasteiger partial charge >= 0.3 is 5.97 Å². The number of aromatic amines is 2. The summed E-state index contributed by atoms with van der Waals surface area (Å²) in [4.78, 5) is 62.5. The molecule has 238 valence electrons. The first-order valence-electron chi connectivity index (χ1n) is 14.3. The van der Waals surface area contributed by atoms with Crippen LogP contribution in [0.4, 0.5) is 0 Å². The number of amides is 3. The molecule has 4 rings (SSSR count). The van der Waals surface area contributed by atoms with Crippen molar-refractivity contribution < 1.29 is 29.4 Å². The molecule has 0 aliphatic carbocycles. The number of fused-ring (bicyclic) bond motifs is 1. The average Bonchev–Trinajstić information content (AvgIpc) is 3.69. The molecular weight excluding hydrogens is 598 g/mol.